The van der Waals surface area contributed by atoms with Crippen LogP contribution in [-0.2, 0) is 0 Å². The quantitative estimate of drug-likeness (QED) is 0.474. The summed E-state index contributed by atoms with van der Waals surface area (Å²) in [6.45, 7) is 14.3. The maximum Gasteiger partial charge on any atom is -0.0230 e. The molecule has 0 fully saturated rings. The summed E-state index contributed by atoms with van der Waals surface area (Å²) >= 11 is 0. The molecule has 0 heterocycles. The zero-order valence-corrected chi connectivity index (χ0v) is 10.7. The predicted octanol–water partition coefficient (Wildman–Crippen LogP) is 5.28. The van der Waals surface area contributed by atoms with Gasteiger partial charge in [-0.15, -0.1) is 13.2 Å². The van der Waals surface area contributed by atoms with Crippen molar-refractivity contribution in [1.29, 1.82) is 0 Å². The van der Waals surface area contributed by atoms with E-state index in [1.165, 1.54) is 24.8 Å². The molecule has 0 aliphatic rings. The van der Waals surface area contributed by atoms with E-state index < -0.39 is 0 Å². The molecule has 0 aliphatic carbocycles. The molecule has 0 radical (unpaired) electrons. The Balaban J connectivity index is 4.11. The van der Waals surface area contributed by atoms with E-state index in [4.69, 9.17) is 0 Å². The van der Waals surface area contributed by atoms with Crippen molar-refractivity contribution in [3.8, 4) is 0 Å². The Hall–Kier alpha value is -0.780. The maximum absolute atomic E-state index is 3.96. The highest BCUT2D eigenvalue weighted by atomic mass is 14.0. The average molecular weight is 206 g/mol. The summed E-state index contributed by atoms with van der Waals surface area (Å²) in [5.41, 5.74) is 2.88. The normalized spacial score (nSPS) is 13.7. The number of rotatable bonds is 8. The van der Waals surface area contributed by atoms with E-state index in [0.717, 1.165) is 12.8 Å². The number of allylic oxidation sites excluding steroid dienone is 4. The van der Waals surface area contributed by atoms with Crippen LogP contribution in [0.3, 0.4) is 0 Å². The van der Waals surface area contributed by atoms with E-state index in [0.29, 0.717) is 5.92 Å². The molecule has 0 aromatic heterocycles. The van der Waals surface area contributed by atoms with Gasteiger partial charge in [0.1, 0.15) is 0 Å². The first-order chi connectivity index (χ1) is 7.10. The lowest BCUT2D eigenvalue weighted by Gasteiger charge is -2.08. The summed E-state index contributed by atoms with van der Waals surface area (Å²) in [6.07, 6.45) is 10.4. The van der Waals surface area contributed by atoms with Crippen molar-refractivity contribution in [1.82, 2.24) is 0 Å². The third-order valence-corrected chi connectivity index (χ3v) is 2.62. The van der Waals surface area contributed by atoms with Crippen molar-refractivity contribution < 1.29 is 0 Å². The second-order valence-electron chi connectivity index (χ2n) is 4.52. The molecule has 0 aliphatic heterocycles. The Morgan fingerprint density at radius 2 is 1.93 bits per heavy atom. The van der Waals surface area contributed by atoms with Gasteiger partial charge in [-0.2, -0.15) is 0 Å². The van der Waals surface area contributed by atoms with Gasteiger partial charge in [-0.25, -0.2) is 0 Å². The summed E-state index contributed by atoms with van der Waals surface area (Å²) < 4.78 is 0. The highest BCUT2D eigenvalue weighted by Crippen LogP contribution is 2.17. The summed E-state index contributed by atoms with van der Waals surface area (Å²) in [7, 11) is 0. The monoisotopic (exact) mass is 206 g/mol. The minimum Gasteiger partial charge on any atom is -0.103 e. The molecule has 0 aromatic carbocycles. The van der Waals surface area contributed by atoms with E-state index >= 15 is 0 Å². The van der Waals surface area contributed by atoms with Crippen LogP contribution in [0.2, 0.25) is 0 Å². The molecule has 0 bridgehead atoms. The molecular weight excluding hydrogens is 180 g/mol. The standard InChI is InChI=1S/C15H26/c1-6-8-15(11-9-13(3)4)12-10-14(5)7-2/h7,12,14H,2-3,6,8-11H2,1,4-5H3/b15-12+. The van der Waals surface area contributed by atoms with Gasteiger partial charge in [0.2, 0.25) is 0 Å². The van der Waals surface area contributed by atoms with Gasteiger partial charge >= 0.3 is 0 Å². The molecule has 0 amide bonds. The van der Waals surface area contributed by atoms with Gasteiger partial charge in [-0.1, -0.05) is 43.6 Å². The van der Waals surface area contributed by atoms with Crippen molar-refractivity contribution >= 4 is 0 Å². The smallest absolute Gasteiger partial charge is 0.0230 e. The molecule has 1 unspecified atom stereocenters. The molecule has 1 atom stereocenters. The van der Waals surface area contributed by atoms with Gasteiger partial charge < -0.3 is 0 Å². The van der Waals surface area contributed by atoms with Crippen LogP contribution >= 0.6 is 0 Å². The van der Waals surface area contributed by atoms with Gasteiger partial charge in [-0.05, 0) is 38.5 Å². The van der Waals surface area contributed by atoms with Crippen molar-refractivity contribution in [2.45, 2.75) is 52.9 Å². The molecule has 0 aromatic rings. The molecular formula is C15H26. The summed E-state index contributed by atoms with van der Waals surface area (Å²) in [5.74, 6) is 0.599. The first-order valence-corrected chi connectivity index (χ1v) is 6.05. The molecule has 0 saturated heterocycles. The predicted molar refractivity (Wildman–Crippen MR) is 71.0 cm³/mol. The first kappa shape index (κ1) is 14.2. The van der Waals surface area contributed by atoms with Crippen LogP contribution in [0.5, 0.6) is 0 Å². The molecule has 0 N–H and O–H groups in total. The van der Waals surface area contributed by atoms with Crippen molar-refractivity contribution in [2.24, 2.45) is 5.92 Å². The number of hydrogen-bond donors (Lipinski definition) is 0. The third-order valence-electron chi connectivity index (χ3n) is 2.62. The molecule has 0 nitrogen and oxygen atoms in total. The van der Waals surface area contributed by atoms with Gasteiger partial charge in [0.05, 0.1) is 0 Å². The molecule has 15 heavy (non-hydrogen) atoms. The van der Waals surface area contributed by atoms with E-state index in [1.807, 2.05) is 6.08 Å². The first-order valence-electron chi connectivity index (χ1n) is 6.05. The SMILES string of the molecule is C=CC(C)C/C=C(\CCC)CCC(=C)C. The van der Waals surface area contributed by atoms with Crippen molar-refractivity contribution in [2.75, 3.05) is 0 Å². The zero-order chi connectivity index (χ0) is 11.7. The fourth-order valence-corrected chi connectivity index (χ4v) is 1.47. The molecule has 0 saturated carbocycles. The second kappa shape index (κ2) is 8.52. The van der Waals surface area contributed by atoms with E-state index in [1.54, 1.807) is 5.57 Å². The largest absolute Gasteiger partial charge is 0.103 e. The fraction of sp³-hybridized carbons (Fsp3) is 0.600. The lowest BCUT2D eigenvalue weighted by Crippen LogP contribution is -1.90. The van der Waals surface area contributed by atoms with Crippen molar-refractivity contribution in [3.63, 3.8) is 0 Å². The summed E-state index contributed by atoms with van der Waals surface area (Å²) in [5, 5.41) is 0. The van der Waals surface area contributed by atoms with Crippen LogP contribution in [0.25, 0.3) is 0 Å². The minimum absolute atomic E-state index is 0.599. The Morgan fingerprint density at radius 1 is 1.27 bits per heavy atom. The van der Waals surface area contributed by atoms with Crippen LogP contribution in [-0.4, -0.2) is 0 Å². The van der Waals surface area contributed by atoms with Crippen LogP contribution in [0, 0.1) is 5.92 Å². The van der Waals surface area contributed by atoms with Gasteiger partial charge in [-0.3, -0.25) is 0 Å². The van der Waals surface area contributed by atoms with Gasteiger partial charge in [0.25, 0.3) is 0 Å². The Bertz CT molecular complexity index is 220. The van der Waals surface area contributed by atoms with Crippen LogP contribution in [0.15, 0.2) is 36.5 Å². The summed E-state index contributed by atoms with van der Waals surface area (Å²) in [6, 6.07) is 0. The van der Waals surface area contributed by atoms with E-state index in [-0.39, 0.29) is 0 Å². The van der Waals surface area contributed by atoms with Gasteiger partial charge in [0, 0.05) is 0 Å². The third kappa shape index (κ3) is 8.23. The fourth-order valence-electron chi connectivity index (χ4n) is 1.47. The van der Waals surface area contributed by atoms with E-state index in [2.05, 4.69) is 40.0 Å². The molecule has 86 valence electrons. The lowest BCUT2D eigenvalue weighted by atomic mass is 9.98. The maximum atomic E-state index is 3.96. The Kier molecular flexibility index (Phi) is 8.08. The van der Waals surface area contributed by atoms with E-state index in [9.17, 15) is 0 Å². The van der Waals surface area contributed by atoms with Crippen molar-refractivity contribution in [3.05, 3.63) is 36.5 Å². The second-order valence-corrected chi connectivity index (χ2v) is 4.52. The molecule has 0 heteroatoms. The zero-order valence-electron chi connectivity index (χ0n) is 10.7. The Labute approximate surface area is 95.8 Å². The minimum atomic E-state index is 0.599. The molecule has 0 rings (SSSR count). The number of hydrogen-bond acceptors (Lipinski definition) is 0. The van der Waals surface area contributed by atoms with Crippen LogP contribution in [0.1, 0.15) is 52.9 Å². The molecule has 0 spiro atoms. The Morgan fingerprint density at radius 3 is 2.40 bits per heavy atom. The van der Waals surface area contributed by atoms with Crippen LogP contribution < -0.4 is 0 Å². The summed E-state index contributed by atoms with van der Waals surface area (Å²) in [4.78, 5) is 0. The highest BCUT2D eigenvalue weighted by Gasteiger charge is 1.99. The van der Waals surface area contributed by atoms with Crippen LogP contribution in [0.4, 0.5) is 0 Å². The highest BCUT2D eigenvalue weighted by molar-refractivity contribution is 5.06. The lowest BCUT2D eigenvalue weighted by molar-refractivity contribution is 0.725. The topological polar surface area (TPSA) is 0 Å². The van der Waals surface area contributed by atoms with Gasteiger partial charge in [0.15, 0.2) is 0 Å². The average Bonchev–Trinajstić information content (AvgIpc) is 2.21.